The lowest BCUT2D eigenvalue weighted by atomic mass is 9.88. The number of nitrogens with one attached hydrogen (secondary N) is 2. The van der Waals surface area contributed by atoms with Crippen LogP contribution in [0.3, 0.4) is 0 Å². The highest BCUT2D eigenvalue weighted by Gasteiger charge is 2.50. The predicted octanol–water partition coefficient (Wildman–Crippen LogP) is 4.56. The highest BCUT2D eigenvalue weighted by atomic mass is 35.5. The minimum atomic E-state index is 0. The molecule has 0 radical (unpaired) electrons. The molecule has 2 aromatic rings. The van der Waals surface area contributed by atoms with Crippen molar-refractivity contribution < 1.29 is 9.53 Å². The van der Waals surface area contributed by atoms with Crippen molar-refractivity contribution in [3.8, 4) is 5.75 Å². The van der Waals surface area contributed by atoms with Gasteiger partial charge in [0.1, 0.15) is 5.75 Å². The van der Waals surface area contributed by atoms with Crippen molar-refractivity contribution in [2.24, 2.45) is 5.92 Å². The summed E-state index contributed by atoms with van der Waals surface area (Å²) in [6.45, 7) is 2.98. The summed E-state index contributed by atoms with van der Waals surface area (Å²) < 4.78 is 5.77. The Hall–Kier alpha value is -2.08. The lowest BCUT2D eigenvalue weighted by Gasteiger charge is -2.38. The normalized spacial score (nSPS) is 28.4. The zero-order valence-corrected chi connectivity index (χ0v) is 20.0. The quantitative estimate of drug-likeness (QED) is 0.670. The summed E-state index contributed by atoms with van der Waals surface area (Å²) in [5, 5.41) is 7.68. The molecule has 1 aliphatic carbocycles. The zero-order chi connectivity index (χ0) is 21.5. The first-order valence-corrected chi connectivity index (χ1v) is 11.6. The minimum absolute atomic E-state index is 0. The highest BCUT2D eigenvalue weighted by molar-refractivity contribution is 6.01. The van der Waals surface area contributed by atoms with Crippen molar-refractivity contribution in [3.05, 3.63) is 59.2 Å². The van der Waals surface area contributed by atoms with Gasteiger partial charge in [-0.25, -0.2) is 0 Å². The van der Waals surface area contributed by atoms with Crippen molar-refractivity contribution in [3.63, 3.8) is 0 Å². The molecule has 1 saturated heterocycles. The van der Waals surface area contributed by atoms with Crippen LogP contribution in [0.2, 0.25) is 0 Å². The number of amides is 1. The predicted molar refractivity (Wildman–Crippen MR) is 131 cm³/mol. The van der Waals surface area contributed by atoms with E-state index in [1.165, 1.54) is 17.5 Å². The van der Waals surface area contributed by atoms with Crippen LogP contribution in [0.5, 0.6) is 5.75 Å². The standard InChI is InChI=1S/C26H33N3O2.ClH/c1-4-18-10-11-22(25(28-18)16-8-6-5-7-9-16)27-15-17-12-23-20(14-24(17)31-3)19-13-21(19)26(30)29(23)2;/h5-9,12,14,18-19,21-22,25,27-28H,4,10-11,13,15H2,1-3H3;1H/t18?,19?,21-,22?,25?;/m1./s1. The Morgan fingerprint density at radius 1 is 1.16 bits per heavy atom. The van der Waals surface area contributed by atoms with Gasteiger partial charge in [-0.1, -0.05) is 37.3 Å². The monoisotopic (exact) mass is 455 g/mol. The second-order valence-electron chi connectivity index (χ2n) is 9.29. The highest BCUT2D eigenvalue weighted by Crippen LogP contribution is 2.56. The van der Waals surface area contributed by atoms with Gasteiger partial charge in [0.2, 0.25) is 5.91 Å². The van der Waals surface area contributed by atoms with Crippen molar-refractivity contribution in [1.29, 1.82) is 0 Å². The third-order valence-corrected chi connectivity index (χ3v) is 7.48. The van der Waals surface area contributed by atoms with Gasteiger partial charge >= 0.3 is 0 Å². The summed E-state index contributed by atoms with van der Waals surface area (Å²) in [6, 6.07) is 16.3. The molecule has 1 saturated carbocycles. The maximum absolute atomic E-state index is 12.5. The molecular formula is C26H34ClN3O2. The fourth-order valence-corrected chi connectivity index (χ4v) is 5.49. The Bertz CT molecular complexity index is 967. The van der Waals surface area contributed by atoms with Crippen molar-refractivity contribution in [2.45, 2.75) is 63.2 Å². The van der Waals surface area contributed by atoms with Crippen LogP contribution in [0, 0.1) is 5.92 Å². The molecule has 2 aliphatic heterocycles. The van der Waals surface area contributed by atoms with Crippen LogP contribution >= 0.6 is 12.4 Å². The number of carbonyl (C=O) groups is 1. The molecule has 0 aromatic heterocycles. The Labute approximate surface area is 197 Å². The first-order chi connectivity index (χ1) is 15.1. The Kier molecular flexibility index (Phi) is 6.80. The minimum Gasteiger partial charge on any atom is -0.496 e. The third kappa shape index (κ3) is 4.14. The molecule has 5 atom stereocenters. The number of methoxy groups -OCH3 is 1. The Morgan fingerprint density at radius 3 is 2.66 bits per heavy atom. The summed E-state index contributed by atoms with van der Waals surface area (Å²) in [7, 11) is 3.65. The fraction of sp³-hybridized carbons (Fsp3) is 0.500. The van der Waals surface area contributed by atoms with Crippen LogP contribution in [-0.4, -0.2) is 32.1 Å². The summed E-state index contributed by atoms with van der Waals surface area (Å²) >= 11 is 0. The maximum atomic E-state index is 12.5. The second-order valence-corrected chi connectivity index (χ2v) is 9.29. The molecule has 2 aromatic carbocycles. The maximum Gasteiger partial charge on any atom is 0.230 e. The number of halogens is 1. The molecule has 5 rings (SSSR count). The van der Waals surface area contributed by atoms with E-state index >= 15 is 0 Å². The summed E-state index contributed by atoms with van der Waals surface area (Å²) in [5.41, 5.74) is 4.76. The van der Waals surface area contributed by atoms with Crippen molar-refractivity contribution >= 4 is 24.0 Å². The van der Waals surface area contributed by atoms with Gasteiger partial charge in [-0.15, -0.1) is 12.4 Å². The molecule has 32 heavy (non-hydrogen) atoms. The molecule has 3 aliphatic rings. The van der Waals surface area contributed by atoms with Gasteiger partial charge in [-0.05, 0) is 54.9 Å². The van der Waals surface area contributed by atoms with E-state index in [0.29, 0.717) is 24.0 Å². The number of benzene rings is 2. The third-order valence-electron chi connectivity index (χ3n) is 7.48. The van der Waals surface area contributed by atoms with E-state index in [0.717, 1.165) is 42.8 Å². The number of piperidine rings is 1. The zero-order valence-electron chi connectivity index (χ0n) is 19.1. The van der Waals surface area contributed by atoms with Crippen LogP contribution < -0.4 is 20.3 Å². The molecule has 6 heteroatoms. The molecule has 2 N–H and O–H groups in total. The SMILES string of the molecule is CCC1CCC(NCc2cc3c(cc2OC)C2C[C@H]2C(=O)N3C)C(c2ccccc2)N1.Cl. The van der Waals surface area contributed by atoms with E-state index in [-0.39, 0.29) is 24.2 Å². The molecule has 172 valence electrons. The van der Waals surface area contributed by atoms with E-state index < -0.39 is 0 Å². The molecule has 2 heterocycles. The average Bonchev–Trinajstić information content (AvgIpc) is 3.62. The average molecular weight is 456 g/mol. The smallest absolute Gasteiger partial charge is 0.230 e. The number of hydrogen-bond donors (Lipinski definition) is 2. The van der Waals surface area contributed by atoms with Gasteiger partial charge < -0.3 is 20.3 Å². The van der Waals surface area contributed by atoms with Crippen LogP contribution in [-0.2, 0) is 11.3 Å². The number of hydrogen-bond acceptors (Lipinski definition) is 4. The molecule has 5 nitrogen and oxygen atoms in total. The molecule has 0 bridgehead atoms. The van der Waals surface area contributed by atoms with Crippen molar-refractivity contribution in [2.75, 3.05) is 19.1 Å². The van der Waals surface area contributed by atoms with Crippen LogP contribution in [0.15, 0.2) is 42.5 Å². The second kappa shape index (κ2) is 9.42. The van der Waals surface area contributed by atoms with E-state index in [1.807, 2.05) is 11.9 Å². The van der Waals surface area contributed by atoms with Gasteiger partial charge in [0, 0.05) is 48.9 Å². The number of carbonyl (C=O) groups excluding carboxylic acids is 1. The fourth-order valence-electron chi connectivity index (χ4n) is 5.49. The largest absolute Gasteiger partial charge is 0.496 e. The van der Waals surface area contributed by atoms with E-state index in [2.05, 4.69) is 60.0 Å². The van der Waals surface area contributed by atoms with Crippen LogP contribution in [0.1, 0.15) is 61.3 Å². The van der Waals surface area contributed by atoms with Gasteiger partial charge in [0.05, 0.1) is 7.11 Å². The molecule has 0 spiro atoms. The molecule has 1 amide bonds. The van der Waals surface area contributed by atoms with Crippen LogP contribution in [0.25, 0.3) is 0 Å². The lowest BCUT2D eigenvalue weighted by Crippen LogP contribution is -2.49. The topological polar surface area (TPSA) is 53.6 Å². The van der Waals surface area contributed by atoms with Gasteiger partial charge in [-0.2, -0.15) is 0 Å². The number of anilines is 1. The van der Waals surface area contributed by atoms with E-state index in [1.54, 1.807) is 7.11 Å². The van der Waals surface area contributed by atoms with Gasteiger partial charge in [0.15, 0.2) is 0 Å². The lowest BCUT2D eigenvalue weighted by molar-refractivity contribution is -0.119. The first kappa shape index (κ1) is 23.1. The Morgan fingerprint density at radius 2 is 1.94 bits per heavy atom. The van der Waals surface area contributed by atoms with E-state index in [9.17, 15) is 4.79 Å². The number of fused-ring (bicyclic) bond motifs is 3. The Balaban J connectivity index is 0.00000245. The number of nitrogens with zero attached hydrogens (tertiary/aromatic N) is 1. The molecular weight excluding hydrogens is 422 g/mol. The summed E-state index contributed by atoms with van der Waals surface area (Å²) in [4.78, 5) is 14.4. The molecule has 2 fully saturated rings. The van der Waals surface area contributed by atoms with Gasteiger partial charge in [0.25, 0.3) is 0 Å². The molecule has 4 unspecified atom stereocenters. The van der Waals surface area contributed by atoms with Crippen LogP contribution in [0.4, 0.5) is 5.69 Å². The van der Waals surface area contributed by atoms with E-state index in [4.69, 9.17) is 4.74 Å². The number of ether oxygens (including phenoxy) is 1. The number of rotatable bonds is 6. The summed E-state index contributed by atoms with van der Waals surface area (Å²) in [6.07, 6.45) is 4.44. The first-order valence-electron chi connectivity index (χ1n) is 11.6. The van der Waals surface area contributed by atoms with Gasteiger partial charge in [-0.3, -0.25) is 4.79 Å². The summed E-state index contributed by atoms with van der Waals surface area (Å²) in [5.74, 6) is 1.74. The van der Waals surface area contributed by atoms with Crippen molar-refractivity contribution in [1.82, 2.24) is 10.6 Å².